The van der Waals surface area contributed by atoms with E-state index in [1.807, 2.05) is 13.8 Å². The third-order valence-corrected chi connectivity index (χ3v) is 2.34. The van der Waals surface area contributed by atoms with Crippen molar-refractivity contribution in [3.63, 3.8) is 0 Å². The Bertz CT molecular complexity index is 582. The van der Waals surface area contributed by atoms with E-state index in [1.54, 1.807) is 6.92 Å². The average Bonchev–Trinajstić information content (AvgIpc) is 2.67. The van der Waals surface area contributed by atoms with Gasteiger partial charge in [0.25, 0.3) is 5.88 Å². The van der Waals surface area contributed by atoms with Gasteiger partial charge in [0.05, 0.1) is 11.8 Å². The van der Waals surface area contributed by atoms with E-state index in [4.69, 9.17) is 9.47 Å². The molecule has 1 N–H and O–H groups in total. The van der Waals surface area contributed by atoms with Crippen LogP contribution in [0.1, 0.15) is 19.5 Å². The van der Waals surface area contributed by atoms with Crippen molar-refractivity contribution >= 4 is 0 Å². The van der Waals surface area contributed by atoms with E-state index >= 15 is 0 Å². The maximum absolute atomic E-state index is 13.5. The summed E-state index contributed by atoms with van der Waals surface area (Å²) in [4.78, 5) is 0. The van der Waals surface area contributed by atoms with Gasteiger partial charge in [0, 0.05) is 0 Å². The molecule has 0 saturated heterocycles. The zero-order valence-corrected chi connectivity index (χ0v) is 10.8. The van der Waals surface area contributed by atoms with Crippen molar-refractivity contribution in [3.05, 3.63) is 35.5 Å². The third kappa shape index (κ3) is 2.83. The smallest absolute Gasteiger partial charge is 0.276 e. The van der Waals surface area contributed by atoms with Gasteiger partial charge in [-0.25, -0.2) is 4.39 Å². The van der Waals surface area contributed by atoms with Gasteiger partial charge in [0.2, 0.25) is 11.6 Å². The number of hydrogen-bond donors (Lipinski definition) is 1. The molecule has 0 aliphatic rings. The maximum Gasteiger partial charge on any atom is 0.276 e. The van der Waals surface area contributed by atoms with Gasteiger partial charge in [-0.3, -0.25) is 5.10 Å². The van der Waals surface area contributed by atoms with E-state index in [-0.39, 0.29) is 23.5 Å². The molecule has 0 saturated carbocycles. The lowest BCUT2D eigenvalue weighted by molar-refractivity contribution is 0.223. The van der Waals surface area contributed by atoms with Gasteiger partial charge in [-0.1, -0.05) is 6.07 Å². The lowest BCUT2D eigenvalue weighted by atomic mass is 10.3. The van der Waals surface area contributed by atoms with Gasteiger partial charge in [-0.15, -0.1) is 5.10 Å². The Morgan fingerprint density at radius 3 is 2.68 bits per heavy atom. The van der Waals surface area contributed by atoms with Crippen LogP contribution >= 0.6 is 0 Å². The lowest BCUT2D eigenvalue weighted by Crippen LogP contribution is -2.06. The highest BCUT2D eigenvalue weighted by Crippen LogP contribution is 2.34. The summed E-state index contributed by atoms with van der Waals surface area (Å²) in [7, 11) is 0. The van der Waals surface area contributed by atoms with Gasteiger partial charge >= 0.3 is 0 Å². The van der Waals surface area contributed by atoms with Crippen LogP contribution in [0.5, 0.6) is 17.4 Å². The monoisotopic (exact) mass is 268 g/mol. The Kier molecular flexibility index (Phi) is 3.69. The second-order valence-electron chi connectivity index (χ2n) is 4.30. The molecule has 4 nitrogen and oxygen atoms in total. The van der Waals surface area contributed by atoms with Crippen LogP contribution < -0.4 is 9.47 Å². The quantitative estimate of drug-likeness (QED) is 0.922. The average molecular weight is 268 g/mol. The minimum Gasteiger partial charge on any atom is -0.471 e. The molecule has 2 aromatic rings. The van der Waals surface area contributed by atoms with E-state index in [2.05, 4.69) is 10.2 Å². The normalized spacial score (nSPS) is 10.8. The van der Waals surface area contributed by atoms with Crippen LogP contribution in [0.3, 0.4) is 0 Å². The molecule has 0 unspecified atom stereocenters. The highest BCUT2D eigenvalue weighted by Gasteiger charge is 2.18. The van der Waals surface area contributed by atoms with Crippen molar-refractivity contribution in [2.45, 2.75) is 26.9 Å². The summed E-state index contributed by atoms with van der Waals surface area (Å²) in [6, 6.07) is 3.73. The minimum absolute atomic E-state index is 0.109. The van der Waals surface area contributed by atoms with Crippen LogP contribution in [0, 0.1) is 18.6 Å². The molecule has 0 aliphatic heterocycles. The summed E-state index contributed by atoms with van der Waals surface area (Å²) >= 11 is 0. The molecule has 0 bridgehead atoms. The molecule has 6 heteroatoms. The molecule has 1 aromatic carbocycles. The van der Waals surface area contributed by atoms with Crippen molar-refractivity contribution in [1.29, 1.82) is 0 Å². The van der Waals surface area contributed by atoms with Crippen molar-refractivity contribution in [3.8, 4) is 17.4 Å². The number of aromatic nitrogens is 2. The summed E-state index contributed by atoms with van der Waals surface area (Å²) < 4.78 is 37.4. The fourth-order valence-corrected chi connectivity index (χ4v) is 1.49. The van der Waals surface area contributed by atoms with Gasteiger partial charge in [0.15, 0.2) is 11.6 Å². The standard InChI is InChI=1S/C13H14F2N2O2/c1-7(2)18-13-12(8(3)16-17-13)19-10-6-4-5-9(14)11(10)15/h4-7H,1-3H3,(H,16,17). The van der Waals surface area contributed by atoms with E-state index in [0.717, 1.165) is 6.07 Å². The molecule has 0 aliphatic carbocycles. The predicted octanol–water partition coefficient (Wildman–Crippen LogP) is 3.58. The highest BCUT2D eigenvalue weighted by molar-refractivity contribution is 5.41. The predicted molar refractivity (Wildman–Crippen MR) is 65.5 cm³/mol. The molecule has 102 valence electrons. The van der Waals surface area contributed by atoms with E-state index in [9.17, 15) is 8.78 Å². The van der Waals surface area contributed by atoms with Gasteiger partial charge < -0.3 is 9.47 Å². The molecule has 0 fully saturated rings. The molecule has 2 rings (SSSR count). The third-order valence-electron chi connectivity index (χ3n) is 2.34. The number of nitrogens with one attached hydrogen (secondary N) is 1. The zero-order valence-electron chi connectivity index (χ0n) is 10.8. The fourth-order valence-electron chi connectivity index (χ4n) is 1.49. The first-order chi connectivity index (χ1) is 8.99. The van der Waals surface area contributed by atoms with Crippen LogP contribution in [0.4, 0.5) is 8.78 Å². The Labute approximate surface area is 109 Å². The molecular formula is C13H14F2N2O2. The minimum atomic E-state index is -1.04. The second-order valence-corrected chi connectivity index (χ2v) is 4.30. The first-order valence-corrected chi connectivity index (χ1v) is 5.82. The van der Waals surface area contributed by atoms with E-state index in [1.165, 1.54) is 12.1 Å². The highest BCUT2D eigenvalue weighted by atomic mass is 19.2. The Morgan fingerprint density at radius 1 is 1.26 bits per heavy atom. The van der Waals surface area contributed by atoms with Crippen LogP contribution in [0.25, 0.3) is 0 Å². The molecule has 0 radical (unpaired) electrons. The first kappa shape index (κ1) is 13.3. The molecular weight excluding hydrogens is 254 g/mol. The zero-order chi connectivity index (χ0) is 14.0. The molecule has 1 aromatic heterocycles. The second kappa shape index (κ2) is 5.26. The number of halogens is 2. The summed E-state index contributed by atoms with van der Waals surface area (Å²) in [5.41, 5.74) is 0.569. The SMILES string of the molecule is Cc1[nH]nc(OC(C)C)c1Oc1cccc(F)c1F. The van der Waals surface area contributed by atoms with Crippen molar-refractivity contribution in [2.75, 3.05) is 0 Å². The Hall–Kier alpha value is -2.11. The number of rotatable bonds is 4. The first-order valence-electron chi connectivity index (χ1n) is 5.82. The number of aryl methyl sites for hydroxylation is 1. The van der Waals surface area contributed by atoms with E-state index < -0.39 is 11.6 Å². The Balaban J connectivity index is 2.32. The molecule has 1 heterocycles. The number of benzene rings is 1. The summed E-state index contributed by atoms with van der Waals surface area (Å²) in [6.45, 7) is 5.36. The van der Waals surface area contributed by atoms with Crippen molar-refractivity contribution in [2.24, 2.45) is 0 Å². The molecule has 0 atom stereocenters. The van der Waals surface area contributed by atoms with Gasteiger partial charge in [-0.05, 0) is 32.9 Å². The topological polar surface area (TPSA) is 47.1 Å². The number of ether oxygens (including phenoxy) is 2. The maximum atomic E-state index is 13.5. The van der Waals surface area contributed by atoms with E-state index in [0.29, 0.717) is 5.69 Å². The summed E-state index contributed by atoms with van der Waals surface area (Å²) in [5, 5.41) is 6.60. The number of hydrogen-bond acceptors (Lipinski definition) is 3. The van der Waals surface area contributed by atoms with Crippen LogP contribution in [-0.2, 0) is 0 Å². The molecule has 0 amide bonds. The summed E-state index contributed by atoms with van der Waals surface area (Å²) in [5.74, 6) is -1.75. The number of H-pyrrole nitrogens is 1. The number of aromatic amines is 1. The van der Waals surface area contributed by atoms with Crippen LogP contribution in [-0.4, -0.2) is 16.3 Å². The van der Waals surface area contributed by atoms with Gasteiger partial charge in [0.1, 0.15) is 0 Å². The van der Waals surface area contributed by atoms with Crippen molar-refractivity contribution in [1.82, 2.24) is 10.2 Å². The van der Waals surface area contributed by atoms with Crippen LogP contribution in [0.15, 0.2) is 18.2 Å². The van der Waals surface area contributed by atoms with Crippen LogP contribution in [0.2, 0.25) is 0 Å². The van der Waals surface area contributed by atoms with Gasteiger partial charge in [-0.2, -0.15) is 4.39 Å². The largest absolute Gasteiger partial charge is 0.471 e. The summed E-state index contributed by atoms with van der Waals surface area (Å²) in [6.07, 6.45) is -0.109. The molecule has 19 heavy (non-hydrogen) atoms. The van der Waals surface area contributed by atoms with Crippen molar-refractivity contribution < 1.29 is 18.3 Å². The Morgan fingerprint density at radius 2 is 2.00 bits per heavy atom. The number of nitrogens with zero attached hydrogens (tertiary/aromatic N) is 1. The molecule has 0 spiro atoms. The fraction of sp³-hybridized carbons (Fsp3) is 0.308. The lowest BCUT2D eigenvalue weighted by Gasteiger charge is -2.10.